The van der Waals surface area contributed by atoms with E-state index in [0.717, 1.165) is 32.1 Å². The highest BCUT2D eigenvalue weighted by Crippen LogP contribution is 2.16. The maximum Gasteiger partial charge on any atom is 0.220 e. The predicted molar refractivity (Wildman–Crippen MR) is 167 cm³/mol. The summed E-state index contributed by atoms with van der Waals surface area (Å²) in [4.78, 5) is 12.3. The second-order valence-corrected chi connectivity index (χ2v) is 12.1. The standard InChI is InChI=1S/C34H69NO4/c1-3-5-7-9-11-13-15-17-18-20-22-24-26-28-32(37)34(39)31(30-36)35-33(38)29-27-25-23-21-19-16-14-12-10-8-6-4-2/h31-32,34,36-37,39H,3-30H2,1-2H3,(H,35,38). The highest BCUT2D eigenvalue weighted by Gasteiger charge is 2.26. The van der Waals surface area contributed by atoms with Gasteiger partial charge in [-0.15, -0.1) is 0 Å². The molecule has 0 saturated heterocycles. The normalized spacial score (nSPS) is 13.9. The van der Waals surface area contributed by atoms with Gasteiger partial charge in [0.15, 0.2) is 0 Å². The molecule has 0 aromatic heterocycles. The van der Waals surface area contributed by atoms with Crippen molar-refractivity contribution in [2.45, 2.75) is 205 Å². The quantitative estimate of drug-likeness (QED) is 0.0644. The van der Waals surface area contributed by atoms with E-state index in [1.165, 1.54) is 128 Å². The second kappa shape index (κ2) is 30.3. The molecule has 0 aromatic rings. The van der Waals surface area contributed by atoms with E-state index in [9.17, 15) is 20.1 Å². The average Bonchev–Trinajstić information content (AvgIpc) is 2.94. The molecular weight excluding hydrogens is 486 g/mol. The van der Waals surface area contributed by atoms with Crippen molar-refractivity contribution in [2.24, 2.45) is 0 Å². The van der Waals surface area contributed by atoms with Crippen LogP contribution in [0.3, 0.4) is 0 Å². The van der Waals surface area contributed by atoms with Gasteiger partial charge in [-0.2, -0.15) is 0 Å². The Labute approximate surface area is 243 Å². The van der Waals surface area contributed by atoms with Crippen LogP contribution in [0.1, 0.15) is 187 Å². The molecule has 234 valence electrons. The van der Waals surface area contributed by atoms with Crippen LogP contribution in [0.15, 0.2) is 0 Å². The summed E-state index contributed by atoms with van der Waals surface area (Å²) in [7, 11) is 0. The van der Waals surface area contributed by atoms with Crippen LogP contribution in [-0.4, -0.2) is 46.1 Å². The van der Waals surface area contributed by atoms with Gasteiger partial charge in [0.05, 0.1) is 18.8 Å². The number of hydrogen-bond acceptors (Lipinski definition) is 4. The van der Waals surface area contributed by atoms with Crippen LogP contribution < -0.4 is 5.32 Å². The van der Waals surface area contributed by atoms with Gasteiger partial charge in [-0.1, -0.05) is 168 Å². The number of carbonyl (C=O) groups excluding carboxylic acids is 1. The van der Waals surface area contributed by atoms with Crippen LogP contribution in [0.5, 0.6) is 0 Å². The highest BCUT2D eigenvalue weighted by molar-refractivity contribution is 5.76. The molecule has 0 saturated carbocycles. The number of hydrogen-bond donors (Lipinski definition) is 4. The Morgan fingerprint density at radius 3 is 1.23 bits per heavy atom. The number of unbranched alkanes of at least 4 members (excludes halogenated alkanes) is 23. The lowest BCUT2D eigenvalue weighted by atomic mass is 9.99. The van der Waals surface area contributed by atoms with Crippen molar-refractivity contribution in [2.75, 3.05) is 6.61 Å². The maximum atomic E-state index is 12.3. The number of rotatable bonds is 31. The SMILES string of the molecule is CCCCCCCCCCCCCCCC(O)C(O)C(CO)NC(=O)CCCCCCCCCCCCCC. The van der Waals surface area contributed by atoms with Gasteiger partial charge in [-0.3, -0.25) is 4.79 Å². The first-order valence-electron chi connectivity index (χ1n) is 17.3. The Morgan fingerprint density at radius 2 is 0.872 bits per heavy atom. The van der Waals surface area contributed by atoms with Crippen molar-refractivity contribution in [3.8, 4) is 0 Å². The Kier molecular flexibility index (Phi) is 29.8. The van der Waals surface area contributed by atoms with E-state index in [1.807, 2.05) is 0 Å². The fourth-order valence-corrected chi connectivity index (χ4v) is 5.45. The number of nitrogens with one attached hydrogen (secondary N) is 1. The van der Waals surface area contributed by atoms with Crippen molar-refractivity contribution in [1.29, 1.82) is 0 Å². The molecule has 0 radical (unpaired) electrons. The summed E-state index contributed by atoms with van der Waals surface area (Å²) in [5.41, 5.74) is 0. The van der Waals surface area contributed by atoms with E-state index < -0.39 is 18.2 Å². The average molecular weight is 556 g/mol. The molecule has 5 nitrogen and oxygen atoms in total. The molecule has 39 heavy (non-hydrogen) atoms. The van der Waals surface area contributed by atoms with Gasteiger partial charge in [0, 0.05) is 6.42 Å². The van der Waals surface area contributed by atoms with Gasteiger partial charge in [0.25, 0.3) is 0 Å². The third kappa shape index (κ3) is 26.0. The molecule has 0 aliphatic heterocycles. The second-order valence-electron chi connectivity index (χ2n) is 12.1. The van der Waals surface area contributed by atoms with Crippen LogP contribution in [0.25, 0.3) is 0 Å². The van der Waals surface area contributed by atoms with Gasteiger partial charge in [-0.05, 0) is 12.8 Å². The highest BCUT2D eigenvalue weighted by atomic mass is 16.3. The number of carbonyl (C=O) groups is 1. The summed E-state index contributed by atoms with van der Waals surface area (Å²) in [6.45, 7) is 4.15. The molecule has 4 N–H and O–H groups in total. The molecule has 0 fully saturated rings. The molecular formula is C34H69NO4. The summed E-state index contributed by atoms with van der Waals surface area (Å²) in [5.74, 6) is -0.145. The molecule has 0 rings (SSSR count). The summed E-state index contributed by atoms with van der Waals surface area (Å²) in [6, 6.07) is -0.799. The zero-order valence-electron chi connectivity index (χ0n) is 26.3. The Morgan fingerprint density at radius 1 is 0.538 bits per heavy atom. The number of aliphatic hydroxyl groups is 3. The molecule has 0 aliphatic carbocycles. The molecule has 0 aliphatic rings. The number of amides is 1. The Balaban J connectivity index is 3.69. The molecule has 1 amide bonds. The largest absolute Gasteiger partial charge is 0.394 e. The van der Waals surface area contributed by atoms with Crippen LogP contribution in [0.4, 0.5) is 0 Å². The van der Waals surface area contributed by atoms with E-state index >= 15 is 0 Å². The zero-order valence-corrected chi connectivity index (χ0v) is 26.3. The van der Waals surface area contributed by atoms with Crippen molar-refractivity contribution in [3.63, 3.8) is 0 Å². The third-order valence-corrected chi connectivity index (χ3v) is 8.21. The zero-order chi connectivity index (χ0) is 28.8. The molecule has 0 heterocycles. The van der Waals surface area contributed by atoms with Crippen LogP contribution in [0, 0.1) is 0 Å². The third-order valence-electron chi connectivity index (χ3n) is 8.21. The van der Waals surface area contributed by atoms with E-state index in [1.54, 1.807) is 0 Å². The molecule has 3 atom stereocenters. The van der Waals surface area contributed by atoms with E-state index in [0.29, 0.717) is 12.8 Å². The first-order valence-corrected chi connectivity index (χ1v) is 17.3. The van der Waals surface area contributed by atoms with Gasteiger partial charge in [0.2, 0.25) is 5.91 Å². The van der Waals surface area contributed by atoms with Crippen LogP contribution in [-0.2, 0) is 4.79 Å². The predicted octanol–water partition coefficient (Wildman–Crippen LogP) is 8.76. The van der Waals surface area contributed by atoms with Gasteiger partial charge < -0.3 is 20.6 Å². The lowest BCUT2D eigenvalue weighted by Gasteiger charge is -2.26. The van der Waals surface area contributed by atoms with Gasteiger partial charge >= 0.3 is 0 Å². The first-order chi connectivity index (χ1) is 19.1. The van der Waals surface area contributed by atoms with Crippen molar-refractivity contribution >= 4 is 5.91 Å². The fraction of sp³-hybridized carbons (Fsp3) is 0.971. The molecule has 3 unspecified atom stereocenters. The monoisotopic (exact) mass is 556 g/mol. The molecule has 0 aromatic carbocycles. The van der Waals surface area contributed by atoms with Gasteiger partial charge in [0.1, 0.15) is 6.10 Å². The minimum Gasteiger partial charge on any atom is -0.394 e. The summed E-state index contributed by atoms with van der Waals surface area (Å²) in [6.07, 6.45) is 30.4. The molecule has 0 bridgehead atoms. The summed E-state index contributed by atoms with van der Waals surface area (Å²) < 4.78 is 0. The van der Waals surface area contributed by atoms with Crippen molar-refractivity contribution in [1.82, 2.24) is 5.32 Å². The topological polar surface area (TPSA) is 89.8 Å². The van der Waals surface area contributed by atoms with Gasteiger partial charge in [-0.25, -0.2) is 0 Å². The minimum absolute atomic E-state index is 0.145. The Bertz CT molecular complexity index is 502. The maximum absolute atomic E-state index is 12.3. The lowest BCUT2D eigenvalue weighted by molar-refractivity contribution is -0.124. The smallest absolute Gasteiger partial charge is 0.220 e. The fourth-order valence-electron chi connectivity index (χ4n) is 5.45. The summed E-state index contributed by atoms with van der Waals surface area (Å²) in [5, 5.41) is 33.3. The molecule has 5 heteroatoms. The van der Waals surface area contributed by atoms with E-state index in [4.69, 9.17) is 0 Å². The first kappa shape index (κ1) is 38.4. The van der Waals surface area contributed by atoms with Crippen LogP contribution >= 0.6 is 0 Å². The number of aliphatic hydroxyl groups excluding tert-OH is 3. The van der Waals surface area contributed by atoms with Crippen molar-refractivity contribution < 1.29 is 20.1 Å². The van der Waals surface area contributed by atoms with Crippen LogP contribution in [0.2, 0.25) is 0 Å². The lowest BCUT2D eigenvalue weighted by Crippen LogP contribution is -2.50. The Hall–Kier alpha value is -0.650. The molecule has 0 spiro atoms. The van der Waals surface area contributed by atoms with Crippen molar-refractivity contribution in [3.05, 3.63) is 0 Å². The summed E-state index contributed by atoms with van der Waals surface area (Å²) >= 11 is 0. The van der Waals surface area contributed by atoms with E-state index in [2.05, 4.69) is 19.2 Å². The minimum atomic E-state index is -1.13. The van der Waals surface area contributed by atoms with E-state index in [-0.39, 0.29) is 12.5 Å².